The van der Waals surface area contributed by atoms with Gasteiger partial charge in [0.2, 0.25) is 5.91 Å². The number of amides is 1. The van der Waals surface area contributed by atoms with Gasteiger partial charge in [0.1, 0.15) is 0 Å². The van der Waals surface area contributed by atoms with Crippen molar-refractivity contribution in [2.45, 2.75) is 39.7 Å². The number of rotatable bonds is 5. The van der Waals surface area contributed by atoms with E-state index in [9.17, 15) is 4.79 Å². The van der Waals surface area contributed by atoms with Crippen LogP contribution in [-0.2, 0) is 16.0 Å². The molecular formula is C20H29N3O2. The molecule has 0 aliphatic carbocycles. The van der Waals surface area contributed by atoms with Gasteiger partial charge in [-0.1, -0.05) is 11.6 Å². The van der Waals surface area contributed by atoms with Gasteiger partial charge in [-0.15, -0.1) is 0 Å². The molecule has 136 valence electrons. The molecular weight excluding hydrogens is 314 g/mol. The van der Waals surface area contributed by atoms with Gasteiger partial charge in [-0.3, -0.25) is 9.69 Å². The van der Waals surface area contributed by atoms with E-state index in [1.54, 1.807) is 0 Å². The SMILES string of the molecule is Cc1ccc2[nH]c(C)c(CC(=O)NCC(C)(C)N3CCOCC3)c2c1. The zero-order valence-corrected chi connectivity index (χ0v) is 15.7. The zero-order chi connectivity index (χ0) is 18.0. The first-order valence-corrected chi connectivity index (χ1v) is 9.04. The smallest absolute Gasteiger partial charge is 0.224 e. The highest BCUT2D eigenvalue weighted by Crippen LogP contribution is 2.24. The zero-order valence-electron chi connectivity index (χ0n) is 15.7. The number of nitrogens with one attached hydrogen (secondary N) is 2. The molecule has 1 amide bonds. The average molecular weight is 343 g/mol. The van der Waals surface area contributed by atoms with E-state index in [0.29, 0.717) is 13.0 Å². The summed E-state index contributed by atoms with van der Waals surface area (Å²) in [5, 5.41) is 4.28. The quantitative estimate of drug-likeness (QED) is 0.877. The van der Waals surface area contributed by atoms with Crippen LogP contribution in [0.15, 0.2) is 18.2 Å². The fourth-order valence-corrected chi connectivity index (χ4v) is 3.54. The Morgan fingerprint density at radius 1 is 1.28 bits per heavy atom. The predicted molar refractivity (Wildman–Crippen MR) is 101 cm³/mol. The van der Waals surface area contributed by atoms with Crippen molar-refractivity contribution in [2.24, 2.45) is 0 Å². The number of H-pyrrole nitrogens is 1. The lowest BCUT2D eigenvalue weighted by Gasteiger charge is -2.40. The molecule has 0 atom stereocenters. The molecule has 1 aliphatic heterocycles. The highest BCUT2D eigenvalue weighted by Gasteiger charge is 2.28. The number of carbonyl (C=O) groups is 1. The molecule has 1 saturated heterocycles. The molecule has 0 bridgehead atoms. The summed E-state index contributed by atoms with van der Waals surface area (Å²) in [7, 11) is 0. The molecule has 0 saturated carbocycles. The fraction of sp³-hybridized carbons (Fsp3) is 0.550. The minimum absolute atomic E-state index is 0.0642. The molecule has 1 aromatic carbocycles. The van der Waals surface area contributed by atoms with Gasteiger partial charge in [-0.05, 0) is 45.4 Å². The Morgan fingerprint density at radius 3 is 2.72 bits per heavy atom. The maximum absolute atomic E-state index is 12.6. The first-order valence-electron chi connectivity index (χ1n) is 9.04. The van der Waals surface area contributed by atoms with E-state index in [-0.39, 0.29) is 11.4 Å². The van der Waals surface area contributed by atoms with E-state index in [2.05, 4.69) is 54.2 Å². The van der Waals surface area contributed by atoms with Gasteiger partial charge in [0.25, 0.3) is 0 Å². The predicted octanol–water partition coefficient (Wildman–Crippen LogP) is 2.55. The van der Waals surface area contributed by atoms with Crippen molar-refractivity contribution in [1.82, 2.24) is 15.2 Å². The van der Waals surface area contributed by atoms with Crippen LogP contribution >= 0.6 is 0 Å². The number of fused-ring (bicyclic) bond motifs is 1. The number of hydrogen-bond donors (Lipinski definition) is 2. The van der Waals surface area contributed by atoms with Crippen molar-refractivity contribution in [2.75, 3.05) is 32.8 Å². The topological polar surface area (TPSA) is 57.4 Å². The molecule has 25 heavy (non-hydrogen) atoms. The summed E-state index contributed by atoms with van der Waals surface area (Å²) in [6, 6.07) is 6.33. The third kappa shape index (κ3) is 4.05. The molecule has 2 aromatic rings. The van der Waals surface area contributed by atoms with Crippen LogP contribution in [0.1, 0.15) is 30.7 Å². The third-order valence-corrected chi connectivity index (χ3v) is 5.20. The number of hydrogen-bond acceptors (Lipinski definition) is 3. The van der Waals surface area contributed by atoms with Crippen LogP contribution in [0.5, 0.6) is 0 Å². The van der Waals surface area contributed by atoms with E-state index in [1.165, 1.54) is 5.56 Å². The van der Waals surface area contributed by atoms with Gasteiger partial charge >= 0.3 is 0 Å². The Balaban J connectivity index is 1.65. The molecule has 5 heteroatoms. The van der Waals surface area contributed by atoms with Gasteiger partial charge in [0, 0.05) is 41.8 Å². The van der Waals surface area contributed by atoms with Gasteiger partial charge in [-0.25, -0.2) is 0 Å². The van der Waals surface area contributed by atoms with Gasteiger partial charge in [0.05, 0.1) is 19.6 Å². The Morgan fingerprint density at radius 2 is 2.00 bits per heavy atom. The van der Waals surface area contributed by atoms with Crippen molar-refractivity contribution < 1.29 is 9.53 Å². The van der Waals surface area contributed by atoms with Crippen molar-refractivity contribution in [3.8, 4) is 0 Å². The molecule has 2 heterocycles. The minimum Gasteiger partial charge on any atom is -0.379 e. The first-order chi connectivity index (χ1) is 11.9. The number of aryl methyl sites for hydroxylation is 2. The standard InChI is InChI=1S/C20H29N3O2/c1-14-5-6-18-17(11-14)16(15(2)22-18)12-19(24)21-13-20(3,4)23-7-9-25-10-8-23/h5-6,11,22H,7-10,12-13H2,1-4H3,(H,21,24). The number of nitrogens with zero attached hydrogens (tertiary/aromatic N) is 1. The van der Waals surface area contributed by atoms with E-state index in [1.807, 2.05) is 6.92 Å². The summed E-state index contributed by atoms with van der Waals surface area (Å²) < 4.78 is 5.42. The number of benzene rings is 1. The van der Waals surface area contributed by atoms with Crippen LogP contribution in [0.4, 0.5) is 0 Å². The second kappa shape index (κ2) is 7.18. The fourth-order valence-electron chi connectivity index (χ4n) is 3.54. The molecule has 0 unspecified atom stereocenters. The van der Waals surface area contributed by atoms with Crippen molar-refractivity contribution in [3.63, 3.8) is 0 Å². The number of ether oxygens (including phenoxy) is 1. The average Bonchev–Trinajstić information content (AvgIpc) is 2.89. The Labute approximate surface area is 149 Å². The van der Waals surface area contributed by atoms with Crippen LogP contribution in [0.25, 0.3) is 10.9 Å². The van der Waals surface area contributed by atoms with E-state index in [0.717, 1.165) is 48.5 Å². The number of aromatic nitrogens is 1. The maximum Gasteiger partial charge on any atom is 0.224 e. The Kier molecular flexibility index (Phi) is 5.16. The number of aromatic amines is 1. The summed E-state index contributed by atoms with van der Waals surface area (Å²) in [4.78, 5) is 18.3. The monoisotopic (exact) mass is 343 g/mol. The lowest BCUT2D eigenvalue weighted by molar-refractivity contribution is -0.121. The minimum atomic E-state index is -0.0642. The van der Waals surface area contributed by atoms with Gasteiger partial charge in [-0.2, -0.15) is 0 Å². The third-order valence-electron chi connectivity index (χ3n) is 5.20. The first kappa shape index (κ1) is 18.0. The van der Waals surface area contributed by atoms with Crippen molar-refractivity contribution >= 4 is 16.8 Å². The summed E-state index contributed by atoms with van der Waals surface area (Å²) in [5.74, 6) is 0.0758. The highest BCUT2D eigenvalue weighted by molar-refractivity contribution is 5.90. The van der Waals surface area contributed by atoms with E-state index >= 15 is 0 Å². The summed E-state index contributed by atoms with van der Waals surface area (Å²) in [6.45, 7) is 12.5. The van der Waals surface area contributed by atoms with Crippen LogP contribution in [0.2, 0.25) is 0 Å². The number of morpholine rings is 1. The molecule has 0 radical (unpaired) electrons. The molecule has 1 aromatic heterocycles. The molecule has 1 fully saturated rings. The summed E-state index contributed by atoms with van der Waals surface area (Å²) in [5.41, 5.74) is 4.41. The van der Waals surface area contributed by atoms with Crippen molar-refractivity contribution in [1.29, 1.82) is 0 Å². The summed E-state index contributed by atoms with van der Waals surface area (Å²) in [6.07, 6.45) is 0.411. The molecule has 0 spiro atoms. The van der Waals surface area contributed by atoms with Crippen LogP contribution in [-0.4, -0.2) is 54.2 Å². The highest BCUT2D eigenvalue weighted by atomic mass is 16.5. The van der Waals surface area contributed by atoms with Gasteiger partial charge in [0.15, 0.2) is 0 Å². The largest absolute Gasteiger partial charge is 0.379 e. The number of carbonyl (C=O) groups excluding carboxylic acids is 1. The van der Waals surface area contributed by atoms with E-state index < -0.39 is 0 Å². The molecule has 1 aliphatic rings. The van der Waals surface area contributed by atoms with Crippen LogP contribution in [0, 0.1) is 13.8 Å². The maximum atomic E-state index is 12.6. The second-order valence-corrected chi connectivity index (χ2v) is 7.64. The van der Waals surface area contributed by atoms with Crippen molar-refractivity contribution in [3.05, 3.63) is 35.0 Å². The lowest BCUT2D eigenvalue weighted by atomic mass is 10.0. The Bertz CT molecular complexity index is 758. The van der Waals surface area contributed by atoms with Crippen LogP contribution < -0.4 is 5.32 Å². The van der Waals surface area contributed by atoms with E-state index in [4.69, 9.17) is 4.74 Å². The van der Waals surface area contributed by atoms with Gasteiger partial charge < -0.3 is 15.0 Å². The van der Waals surface area contributed by atoms with Crippen LogP contribution in [0.3, 0.4) is 0 Å². The Hall–Kier alpha value is -1.85. The summed E-state index contributed by atoms with van der Waals surface area (Å²) >= 11 is 0. The molecule has 2 N–H and O–H groups in total. The normalized spacial score (nSPS) is 16.3. The second-order valence-electron chi connectivity index (χ2n) is 7.64. The lowest BCUT2D eigenvalue weighted by Crippen LogP contribution is -2.55. The molecule has 5 nitrogen and oxygen atoms in total. The molecule has 3 rings (SSSR count).